The van der Waals surface area contributed by atoms with E-state index in [1.165, 1.54) is 22.0 Å². The third-order valence-corrected chi connectivity index (χ3v) is 4.70. The number of aryl methyl sites for hydroxylation is 3. The van der Waals surface area contributed by atoms with E-state index in [9.17, 15) is 9.59 Å². The number of fused-ring (bicyclic) bond motifs is 1. The highest BCUT2D eigenvalue weighted by Crippen LogP contribution is 2.11. The van der Waals surface area contributed by atoms with Gasteiger partial charge in [0.05, 0.1) is 0 Å². The number of imidazole rings is 1. The summed E-state index contributed by atoms with van der Waals surface area (Å²) >= 11 is 0. The first kappa shape index (κ1) is 15.0. The van der Waals surface area contributed by atoms with Crippen LogP contribution in [-0.2, 0) is 20.6 Å². The first-order valence-corrected chi connectivity index (χ1v) is 7.87. The lowest BCUT2D eigenvalue weighted by Gasteiger charge is -2.23. The first-order chi connectivity index (χ1) is 10.5. The van der Waals surface area contributed by atoms with Crippen LogP contribution in [0, 0.1) is 6.92 Å². The van der Waals surface area contributed by atoms with Gasteiger partial charge < -0.3 is 9.88 Å². The lowest BCUT2D eigenvalue weighted by atomic mass is 10.0. The second-order valence-corrected chi connectivity index (χ2v) is 6.12. The Labute approximate surface area is 128 Å². The molecule has 3 heterocycles. The Balaban J connectivity index is 2.00. The zero-order valence-corrected chi connectivity index (χ0v) is 13.4. The smallest absolute Gasteiger partial charge is 0.325 e. The van der Waals surface area contributed by atoms with Crippen LogP contribution < -0.4 is 16.6 Å². The fourth-order valence-electron chi connectivity index (χ4n) is 3.20. The van der Waals surface area contributed by atoms with Crippen molar-refractivity contribution < 1.29 is 0 Å². The third-order valence-electron chi connectivity index (χ3n) is 4.70. The van der Waals surface area contributed by atoms with Crippen LogP contribution in [0.4, 0.5) is 0 Å². The van der Waals surface area contributed by atoms with Gasteiger partial charge in [0.1, 0.15) is 5.82 Å². The van der Waals surface area contributed by atoms with Crippen LogP contribution >= 0.6 is 0 Å². The van der Waals surface area contributed by atoms with Crippen LogP contribution in [0.1, 0.15) is 31.5 Å². The van der Waals surface area contributed by atoms with Gasteiger partial charge in [-0.1, -0.05) is 6.42 Å². The Bertz CT molecular complexity index is 808. The Hall–Kier alpha value is -1.89. The predicted molar refractivity (Wildman–Crippen MR) is 85.2 cm³/mol. The molecule has 1 unspecified atom stereocenters. The molecule has 1 aliphatic heterocycles. The fourth-order valence-corrected chi connectivity index (χ4v) is 3.20. The molecule has 1 saturated heterocycles. The molecule has 0 spiro atoms. The van der Waals surface area contributed by atoms with Gasteiger partial charge in [0, 0.05) is 26.7 Å². The largest absolute Gasteiger partial charge is 0.332 e. The summed E-state index contributed by atoms with van der Waals surface area (Å²) in [6.07, 6.45) is 4.34. The van der Waals surface area contributed by atoms with Gasteiger partial charge in [0.2, 0.25) is 0 Å². The van der Waals surface area contributed by atoms with Gasteiger partial charge in [0.25, 0.3) is 5.56 Å². The van der Waals surface area contributed by atoms with Crippen LogP contribution in [0.5, 0.6) is 0 Å². The van der Waals surface area contributed by atoms with Crippen molar-refractivity contribution in [2.45, 2.75) is 45.2 Å². The van der Waals surface area contributed by atoms with Gasteiger partial charge in [-0.2, -0.15) is 0 Å². The highest BCUT2D eigenvalue weighted by atomic mass is 16.2. The number of nitrogens with one attached hydrogen (secondary N) is 1. The molecular weight excluding hydrogens is 282 g/mol. The van der Waals surface area contributed by atoms with Gasteiger partial charge in [-0.3, -0.25) is 13.9 Å². The predicted octanol–water partition coefficient (Wildman–Crippen LogP) is 0.274. The lowest BCUT2D eigenvalue weighted by molar-refractivity contribution is 0.361. The van der Waals surface area contributed by atoms with Crippen LogP contribution in [0.3, 0.4) is 0 Å². The zero-order valence-electron chi connectivity index (χ0n) is 13.4. The molecule has 120 valence electrons. The molecule has 1 atom stereocenters. The van der Waals surface area contributed by atoms with Crippen molar-refractivity contribution in [1.29, 1.82) is 0 Å². The maximum atomic E-state index is 12.7. The maximum Gasteiger partial charge on any atom is 0.332 e. The van der Waals surface area contributed by atoms with E-state index in [-0.39, 0.29) is 11.2 Å². The van der Waals surface area contributed by atoms with E-state index in [0.717, 1.165) is 25.2 Å². The summed E-state index contributed by atoms with van der Waals surface area (Å²) in [5.41, 5.74) is 0.432. The average molecular weight is 305 g/mol. The van der Waals surface area contributed by atoms with E-state index in [1.54, 1.807) is 11.6 Å². The van der Waals surface area contributed by atoms with Crippen LogP contribution in [-0.4, -0.2) is 31.3 Å². The van der Waals surface area contributed by atoms with Gasteiger partial charge in [0.15, 0.2) is 11.2 Å². The normalized spacial score (nSPS) is 19.0. The van der Waals surface area contributed by atoms with Crippen molar-refractivity contribution in [1.82, 2.24) is 24.0 Å². The summed E-state index contributed by atoms with van der Waals surface area (Å²) in [6, 6.07) is 0.398. The Kier molecular flexibility index (Phi) is 3.90. The molecule has 2 aromatic rings. The minimum absolute atomic E-state index is 0.239. The summed E-state index contributed by atoms with van der Waals surface area (Å²) in [7, 11) is 3.48. The molecule has 0 radical (unpaired) electrons. The fraction of sp³-hybridized carbons (Fsp3) is 0.667. The van der Waals surface area contributed by atoms with Gasteiger partial charge in [-0.15, -0.1) is 0 Å². The number of aromatic nitrogens is 4. The Morgan fingerprint density at radius 3 is 2.68 bits per heavy atom. The second kappa shape index (κ2) is 5.72. The number of hydrogen-bond donors (Lipinski definition) is 1. The summed E-state index contributed by atoms with van der Waals surface area (Å²) in [5, 5.41) is 3.45. The van der Waals surface area contributed by atoms with E-state index in [4.69, 9.17) is 0 Å². The molecule has 1 N–H and O–H groups in total. The molecule has 2 aromatic heterocycles. The Morgan fingerprint density at radius 1 is 1.23 bits per heavy atom. The quantitative estimate of drug-likeness (QED) is 0.883. The molecule has 3 rings (SSSR count). The molecule has 0 bridgehead atoms. The number of rotatable bonds is 3. The number of hydrogen-bond acceptors (Lipinski definition) is 4. The van der Waals surface area contributed by atoms with Crippen molar-refractivity contribution in [3.05, 3.63) is 26.7 Å². The van der Waals surface area contributed by atoms with Crippen LogP contribution in [0.15, 0.2) is 9.59 Å². The lowest BCUT2D eigenvalue weighted by Crippen LogP contribution is -2.42. The standard InChI is InChI=1S/C15H23N5O2/c1-10-17-13-12(18(10)2)14(21)20(15(22)19(13)3)9-7-11-6-4-5-8-16-11/h11,16H,4-9H2,1-3H3. The molecule has 0 aromatic carbocycles. The molecule has 1 fully saturated rings. The first-order valence-electron chi connectivity index (χ1n) is 7.87. The number of nitrogens with zero attached hydrogens (tertiary/aromatic N) is 4. The van der Waals surface area contributed by atoms with Crippen LogP contribution in [0.2, 0.25) is 0 Å². The highest BCUT2D eigenvalue weighted by molar-refractivity contribution is 5.70. The van der Waals surface area contributed by atoms with E-state index in [2.05, 4.69) is 10.3 Å². The minimum Gasteiger partial charge on any atom is -0.325 e. The van der Waals surface area contributed by atoms with Crippen molar-refractivity contribution in [3.63, 3.8) is 0 Å². The molecule has 22 heavy (non-hydrogen) atoms. The topological polar surface area (TPSA) is 73.8 Å². The SMILES string of the molecule is Cc1nc2c(c(=O)n(CCC3CCCCN3)c(=O)n2C)n1C. The average Bonchev–Trinajstić information content (AvgIpc) is 2.82. The van der Waals surface area contributed by atoms with Crippen molar-refractivity contribution >= 4 is 11.2 Å². The molecule has 0 saturated carbocycles. The number of piperidine rings is 1. The van der Waals surface area contributed by atoms with Gasteiger partial charge >= 0.3 is 5.69 Å². The zero-order chi connectivity index (χ0) is 15.9. The van der Waals surface area contributed by atoms with E-state index < -0.39 is 0 Å². The highest BCUT2D eigenvalue weighted by Gasteiger charge is 2.18. The monoisotopic (exact) mass is 305 g/mol. The van der Waals surface area contributed by atoms with Crippen molar-refractivity contribution in [3.8, 4) is 0 Å². The molecule has 7 heteroatoms. The molecular formula is C15H23N5O2. The third kappa shape index (κ3) is 2.39. The van der Waals surface area contributed by atoms with E-state index >= 15 is 0 Å². The van der Waals surface area contributed by atoms with Crippen LogP contribution in [0.25, 0.3) is 11.2 Å². The van der Waals surface area contributed by atoms with Gasteiger partial charge in [-0.25, -0.2) is 9.78 Å². The second-order valence-electron chi connectivity index (χ2n) is 6.12. The molecule has 1 aliphatic rings. The molecule has 0 aliphatic carbocycles. The van der Waals surface area contributed by atoms with Crippen molar-refractivity contribution in [2.75, 3.05) is 6.54 Å². The molecule has 0 amide bonds. The maximum absolute atomic E-state index is 12.7. The van der Waals surface area contributed by atoms with E-state index in [0.29, 0.717) is 23.8 Å². The van der Waals surface area contributed by atoms with Crippen molar-refractivity contribution in [2.24, 2.45) is 14.1 Å². The Morgan fingerprint density at radius 2 is 2.00 bits per heavy atom. The summed E-state index contributed by atoms with van der Waals surface area (Å²) in [5.74, 6) is 0.730. The summed E-state index contributed by atoms with van der Waals surface area (Å²) < 4.78 is 4.57. The van der Waals surface area contributed by atoms with Gasteiger partial charge in [-0.05, 0) is 32.7 Å². The minimum atomic E-state index is -0.286. The van der Waals surface area contributed by atoms with E-state index in [1.807, 2.05) is 14.0 Å². The molecule has 7 nitrogen and oxygen atoms in total. The summed E-state index contributed by atoms with van der Waals surface area (Å²) in [4.78, 5) is 29.5. The summed E-state index contributed by atoms with van der Waals surface area (Å²) in [6.45, 7) is 3.31.